The third-order valence-electron chi connectivity index (χ3n) is 4.05. The number of carbonyl (C=O) groups is 1. The van der Waals surface area contributed by atoms with Gasteiger partial charge in [-0.05, 0) is 54.4 Å². The van der Waals surface area contributed by atoms with Gasteiger partial charge >= 0.3 is 5.97 Å². The van der Waals surface area contributed by atoms with Crippen molar-refractivity contribution in [2.24, 2.45) is 0 Å². The molecule has 0 aliphatic heterocycles. The van der Waals surface area contributed by atoms with E-state index in [1.54, 1.807) is 24.5 Å². The molecule has 0 saturated carbocycles. The summed E-state index contributed by atoms with van der Waals surface area (Å²) in [5, 5.41) is 0. The van der Waals surface area contributed by atoms with Gasteiger partial charge in [-0.25, -0.2) is 13.2 Å². The normalized spacial score (nSPS) is 11.0. The molecule has 6 nitrogen and oxygen atoms in total. The van der Waals surface area contributed by atoms with Crippen molar-refractivity contribution in [2.45, 2.75) is 11.8 Å². The van der Waals surface area contributed by atoms with Crippen molar-refractivity contribution in [3.63, 3.8) is 0 Å². The third-order valence-corrected chi connectivity index (χ3v) is 5.43. The fourth-order valence-electron chi connectivity index (χ4n) is 2.61. The molecule has 2 aromatic carbocycles. The highest BCUT2D eigenvalue weighted by atomic mass is 32.2. The average molecular weight is 382 g/mol. The van der Waals surface area contributed by atoms with E-state index in [0.29, 0.717) is 5.69 Å². The molecule has 0 aliphatic carbocycles. The second-order valence-electron chi connectivity index (χ2n) is 5.89. The molecular formula is C20H18N2O4S. The van der Waals surface area contributed by atoms with E-state index in [2.05, 4.69) is 14.4 Å². The van der Waals surface area contributed by atoms with Gasteiger partial charge in [-0.3, -0.25) is 9.71 Å². The first-order valence-corrected chi connectivity index (χ1v) is 9.61. The van der Waals surface area contributed by atoms with Gasteiger partial charge in [0.1, 0.15) is 0 Å². The Morgan fingerprint density at radius 3 is 2.48 bits per heavy atom. The quantitative estimate of drug-likeness (QED) is 0.681. The SMILES string of the molecule is COC(=O)c1cccc(S(=O)(=O)Nc2ccc(-c3cnccc3C)cc2)c1. The lowest BCUT2D eigenvalue weighted by molar-refractivity contribution is 0.0600. The zero-order chi connectivity index (χ0) is 19.4. The Hall–Kier alpha value is -3.19. The number of aromatic nitrogens is 1. The lowest BCUT2D eigenvalue weighted by atomic mass is 10.0. The zero-order valence-electron chi connectivity index (χ0n) is 14.8. The lowest BCUT2D eigenvalue weighted by Crippen LogP contribution is -2.14. The number of hydrogen-bond donors (Lipinski definition) is 1. The first kappa shape index (κ1) is 18.6. The lowest BCUT2D eigenvalue weighted by Gasteiger charge is -2.10. The Balaban J connectivity index is 1.84. The number of rotatable bonds is 5. The molecule has 0 spiro atoms. The van der Waals surface area contributed by atoms with Gasteiger partial charge in [0, 0.05) is 23.6 Å². The molecule has 27 heavy (non-hydrogen) atoms. The third kappa shape index (κ3) is 4.15. The minimum absolute atomic E-state index is 0.0161. The van der Waals surface area contributed by atoms with E-state index >= 15 is 0 Å². The van der Waals surface area contributed by atoms with E-state index in [-0.39, 0.29) is 10.5 Å². The molecule has 3 rings (SSSR count). The number of hydrogen-bond acceptors (Lipinski definition) is 5. The molecule has 0 atom stereocenters. The van der Waals surface area contributed by atoms with Crippen LogP contribution >= 0.6 is 0 Å². The molecule has 0 bridgehead atoms. The van der Waals surface area contributed by atoms with Gasteiger partial charge in [-0.15, -0.1) is 0 Å². The van der Waals surface area contributed by atoms with Gasteiger partial charge in [-0.2, -0.15) is 0 Å². The van der Waals surface area contributed by atoms with E-state index in [1.165, 1.54) is 31.4 Å². The van der Waals surface area contributed by atoms with Gasteiger partial charge in [0.2, 0.25) is 0 Å². The number of benzene rings is 2. The van der Waals surface area contributed by atoms with E-state index in [9.17, 15) is 13.2 Å². The maximum atomic E-state index is 12.6. The average Bonchev–Trinajstić information content (AvgIpc) is 2.68. The molecular weight excluding hydrogens is 364 g/mol. The highest BCUT2D eigenvalue weighted by molar-refractivity contribution is 7.92. The molecule has 0 saturated heterocycles. The molecule has 7 heteroatoms. The fourth-order valence-corrected chi connectivity index (χ4v) is 3.71. The predicted octanol–water partition coefficient (Wildman–Crippen LogP) is 3.64. The van der Waals surface area contributed by atoms with Crippen LogP contribution in [-0.2, 0) is 14.8 Å². The minimum Gasteiger partial charge on any atom is -0.465 e. The van der Waals surface area contributed by atoms with E-state index in [0.717, 1.165) is 16.7 Å². The first-order valence-electron chi connectivity index (χ1n) is 8.13. The summed E-state index contributed by atoms with van der Waals surface area (Å²) in [6, 6.07) is 14.6. The van der Waals surface area contributed by atoms with Crippen molar-refractivity contribution < 1.29 is 17.9 Å². The van der Waals surface area contributed by atoms with Crippen LogP contribution < -0.4 is 4.72 Å². The molecule has 138 valence electrons. The summed E-state index contributed by atoms with van der Waals surface area (Å²) in [5.41, 5.74) is 3.60. The second-order valence-corrected chi connectivity index (χ2v) is 7.58. The number of esters is 1. The number of anilines is 1. The summed E-state index contributed by atoms with van der Waals surface area (Å²) in [7, 11) is -2.59. The van der Waals surface area contributed by atoms with E-state index in [4.69, 9.17) is 0 Å². The van der Waals surface area contributed by atoms with Crippen molar-refractivity contribution in [3.05, 3.63) is 78.1 Å². The second kappa shape index (κ2) is 7.59. The van der Waals surface area contributed by atoms with Crippen molar-refractivity contribution in [3.8, 4) is 11.1 Å². The summed E-state index contributed by atoms with van der Waals surface area (Å²) in [5.74, 6) is -0.594. The summed E-state index contributed by atoms with van der Waals surface area (Å²) < 4.78 is 32.3. The van der Waals surface area contributed by atoms with Crippen molar-refractivity contribution in [1.82, 2.24) is 4.98 Å². The van der Waals surface area contributed by atoms with Crippen LogP contribution in [0.25, 0.3) is 11.1 Å². The standard InChI is InChI=1S/C20H18N2O4S/c1-14-10-11-21-13-19(14)15-6-8-17(9-7-15)22-27(24,25)18-5-3-4-16(12-18)20(23)26-2/h3-13,22H,1-2H3. The number of nitrogens with zero attached hydrogens (tertiary/aromatic N) is 1. The van der Waals surface area contributed by atoms with E-state index in [1.807, 2.05) is 25.1 Å². The van der Waals surface area contributed by atoms with Crippen LogP contribution in [0.1, 0.15) is 15.9 Å². The van der Waals surface area contributed by atoms with Gasteiger partial charge < -0.3 is 4.74 Å². The van der Waals surface area contributed by atoms with Crippen LogP contribution in [0.2, 0.25) is 0 Å². The van der Waals surface area contributed by atoms with Crippen molar-refractivity contribution in [1.29, 1.82) is 0 Å². The van der Waals surface area contributed by atoms with Crippen LogP contribution in [0.4, 0.5) is 5.69 Å². The largest absolute Gasteiger partial charge is 0.465 e. The van der Waals surface area contributed by atoms with Crippen molar-refractivity contribution >= 4 is 21.7 Å². The van der Waals surface area contributed by atoms with Gasteiger partial charge in [0.15, 0.2) is 0 Å². The summed E-state index contributed by atoms with van der Waals surface area (Å²) in [4.78, 5) is 15.7. The molecule has 1 N–H and O–H groups in total. The Bertz CT molecular complexity index is 1080. The molecule has 3 aromatic rings. The highest BCUT2D eigenvalue weighted by Gasteiger charge is 2.17. The Morgan fingerprint density at radius 1 is 1.07 bits per heavy atom. The van der Waals surface area contributed by atoms with Crippen LogP contribution in [0.15, 0.2) is 71.9 Å². The number of methoxy groups -OCH3 is 1. The number of carbonyl (C=O) groups excluding carboxylic acids is 1. The maximum absolute atomic E-state index is 12.6. The summed E-state index contributed by atoms with van der Waals surface area (Å²) in [6.07, 6.45) is 3.50. The summed E-state index contributed by atoms with van der Waals surface area (Å²) in [6.45, 7) is 1.99. The fraction of sp³-hybridized carbons (Fsp3) is 0.100. The molecule has 0 aliphatic rings. The Morgan fingerprint density at radius 2 is 1.81 bits per heavy atom. The van der Waals surface area contributed by atoms with Gasteiger partial charge in [0.05, 0.1) is 17.6 Å². The number of nitrogens with one attached hydrogen (secondary N) is 1. The molecule has 1 aromatic heterocycles. The predicted molar refractivity (Wildman–Crippen MR) is 103 cm³/mol. The molecule has 0 amide bonds. The number of pyridine rings is 1. The topological polar surface area (TPSA) is 85.4 Å². The van der Waals surface area contributed by atoms with Crippen LogP contribution in [0.5, 0.6) is 0 Å². The van der Waals surface area contributed by atoms with Crippen LogP contribution in [-0.4, -0.2) is 26.5 Å². The number of aryl methyl sites for hydroxylation is 1. The maximum Gasteiger partial charge on any atom is 0.337 e. The minimum atomic E-state index is -3.83. The van der Waals surface area contributed by atoms with Crippen LogP contribution in [0, 0.1) is 6.92 Å². The van der Waals surface area contributed by atoms with Crippen LogP contribution in [0.3, 0.4) is 0 Å². The molecule has 0 fully saturated rings. The number of ether oxygens (including phenoxy) is 1. The van der Waals surface area contributed by atoms with Crippen molar-refractivity contribution in [2.75, 3.05) is 11.8 Å². The first-order chi connectivity index (χ1) is 12.9. The molecule has 0 radical (unpaired) electrons. The number of sulfonamides is 1. The zero-order valence-corrected chi connectivity index (χ0v) is 15.7. The Labute approximate surface area is 157 Å². The Kier molecular flexibility index (Phi) is 5.23. The molecule has 1 heterocycles. The van der Waals surface area contributed by atoms with Gasteiger partial charge in [-0.1, -0.05) is 18.2 Å². The smallest absolute Gasteiger partial charge is 0.337 e. The highest BCUT2D eigenvalue weighted by Crippen LogP contribution is 2.25. The van der Waals surface area contributed by atoms with Gasteiger partial charge in [0.25, 0.3) is 10.0 Å². The summed E-state index contributed by atoms with van der Waals surface area (Å²) >= 11 is 0. The molecule has 0 unspecified atom stereocenters. The van der Waals surface area contributed by atoms with E-state index < -0.39 is 16.0 Å². The monoisotopic (exact) mass is 382 g/mol.